The number of nitro benzene ring substituents is 1. The van der Waals surface area contributed by atoms with Crippen LogP contribution in [-0.2, 0) is 19.5 Å². The third-order valence-electron chi connectivity index (χ3n) is 4.13. The van der Waals surface area contributed by atoms with E-state index in [1.165, 1.54) is 12.1 Å². The van der Waals surface area contributed by atoms with Crippen LogP contribution in [0.25, 0.3) is 0 Å². The fourth-order valence-corrected chi connectivity index (χ4v) is 3.24. The minimum absolute atomic E-state index is 0.0239. The van der Waals surface area contributed by atoms with Gasteiger partial charge in [-0.25, -0.2) is 13.6 Å². The molecule has 1 saturated carbocycles. The number of nitrogens with zero attached hydrogens (tertiary/aromatic N) is 1. The summed E-state index contributed by atoms with van der Waals surface area (Å²) in [6.07, 6.45) is 3.05. The SMILES string of the molecule is NS(=O)(=O)c1ccc(OCCOC2COC3(CC3)C2)c([N+](=O)[O-])c1. The monoisotopic (exact) mass is 358 g/mol. The maximum absolute atomic E-state index is 11.3. The Kier molecular flexibility index (Phi) is 4.47. The molecule has 1 aromatic rings. The van der Waals surface area contributed by atoms with Gasteiger partial charge in [0.15, 0.2) is 5.75 Å². The van der Waals surface area contributed by atoms with Crippen LogP contribution in [-0.4, -0.2) is 44.9 Å². The molecule has 0 radical (unpaired) electrons. The third kappa shape index (κ3) is 3.83. The molecule has 0 aromatic heterocycles. The summed E-state index contributed by atoms with van der Waals surface area (Å²) in [5.41, 5.74) is -0.420. The molecular weight excluding hydrogens is 340 g/mol. The molecule has 0 bridgehead atoms. The zero-order valence-electron chi connectivity index (χ0n) is 12.8. The van der Waals surface area contributed by atoms with Gasteiger partial charge in [0.25, 0.3) is 0 Å². The molecule has 3 rings (SSSR count). The van der Waals surface area contributed by atoms with Crippen LogP contribution in [0, 0.1) is 10.1 Å². The highest BCUT2D eigenvalue weighted by Gasteiger charge is 2.50. The van der Waals surface area contributed by atoms with Gasteiger partial charge in [-0.15, -0.1) is 0 Å². The number of hydrogen-bond donors (Lipinski definition) is 1. The second-order valence-corrected chi connectivity index (χ2v) is 7.53. The minimum Gasteiger partial charge on any atom is -0.484 e. The number of benzene rings is 1. The highest BCUT2D eigenvalue weighted by Crippen LogP contribution is 2.47. The summed E-state index contributed by atoms with van der Waals surface area (Å²) < 4.78 is 39.2. The molecule has 1 saturated heterocycles. The summed E-state index contributed by atoms with van der Waals surface area (Å²) in [4.78, 5) is 10.0. The Morgan fingerprint density at radius 1 is 1.38 bits per heavy atom. The first-order valence-corrected chi connectivity index (χ1v) is 9.03. The van der Waals surface area contributed by atoms with Crippen LogP contribution in [0.3, 0.4) is 0 Å². The van der Waals surface area contributed by atoms with Gasteiger partial charge in [-0.1, -0.05) is 0 Å². The normalized spacial score (nSPS) is 21.8. The molecule has 1 heterocycles. The van der Waals surface area contributed by atoms with E-state index in [2.05, 4.69) is 0 Å². The molecule has 1 aliphatic carbocycles. The van der Waals surface area contributed by atoms with Crippen LogP contribution >= 0.6 is 0 Å². The van der Waals surface area contributed by atoms with Crippen molar-refractivity contribution in [2.24, 2.45) is 5.14 Å². The van der Waals surface area contributed by atoms with E-state index in [-0.39, 0.29) is 35.6 Å². The van der Waals surface area contributed by atoms with Gasteiger partial charge in [0.05, 0.1) is 34.7 Å². The number of hydrogen-bond acceptors (Lipinski definition) is 7. The maximum atomic E-state index is 11.3. The Morgan fingerprint density at radius 2 is 2.12 bits per heavy atom. The first-order chi connectivity index (χ1) is 11.3. The predicted molar refractivity (Wildman–Crippen MR) is 82.2 cm³/mol. The standard InChI is InChI=1S/C14H18N2O7S/c15-24(19,20)11-1-2-13(12(7-11)16(17)18)22-6-5-21-10-8-14(3-4-14)23-9-10/h1-2,7,10H,3-6,8-9H2,(H2,15,19,20). The molecule has 1 unspecified atom stereocenters. The Bertz CT molecular complexity index is 745. The molecule has 1 aliphatic heterocycles. The van der Waals surface area contributed by atoms with Crippen LogP contribution in [0.15, 0.2) is 23.1 Å². The van der Waals surface area contributed by atoms with Crippen molar-refractivity contribution < 1.29 is 27.6 Å². The van der Waals surface area contributed by atoms with Gasteiger partial charge in [0.1, 0.15) is 6.61 Å². The van der Waals surface area contributed by atoms with E-state index in [1.807, 2.05) is 0 Å². The molecule has 2 N–H and O–H groups in total. The van der Waals surface area contributed by atoms with Gasteiger partial charge in [-0.3, -0.25) is 10.1 Å². The zero-order chi connectivity index (χ0) is 17.4. The molecule has 9 nitrogen and oxygen atoms in total. The van der Waals surface area contributed by atoms with E-state index < -0.39 is 20.6 Å². The predicted octanol–water partition coefficient (Wildman–Crippen LogP) is 0.959. The van der Waals surface area contributed by atoms with Crippen molar-refractivity contribution >= 4 is 15.7 Å². The lowest BCUT2D eigenvalue weighted by Gasteiger charge is -2.11. The molecule has 1 aromatic carbocycles. The lowest BCUT2D eigenvalue weighted by molar-refractivity contribution is -0.386. The Morgan fingerprint density at radius 3 is 2.71 bits per heavy atom. The molecule has 1 atom stereocenters. The lowest BCUT2D eigenvalue weighted by Crippen LogP contribution is -2.18. The van der Waals surface area contributed by atoms with Crippen molar-refractivity contribution in [1.29, 1.82) is 0 Å². The molecular formula is C14H18N2O7S. The summed E-state index contributed by atoms with van der Waals surface area (Å²) in [5, 5.41) is 16.0. The quantitative estimate of drug-likeness (QED) is 0.436. The fourth-order valence-electron chi connectivity index (χ4n) is 2.70. The maximum Gasteiger partial charge on any atom is 0.312 e. The number of primary sulfonamides is 1. The van der Waals surface area contributed by atoms with Gasteiger partial charge < -0.3 is 14.2 Å². The van der Waals surface area contributed by atoms with Gasteiger partial charge >= 0.3 is 5.69 Å². The van der Waals surface area contributed by atoms with Gasteiger partial charge in [-0.2, -0.15) is 0 Å². The molecule has 10 heteroatoms. The van der Waals surface area contributed by atoms with Crippen molar-refractivity contribution in [3.8, 4) is 5.75 Å². The van der Waals surface area contributed by atoms with Crippen LogP contribution < -0.4 is 9.88 Å². The summed E-state index contributed by atoms with van der Waals surface area (Å²) in [5.74, 6) is -0.0302. The molecule has 2 fully saturated rings. The van der Waals surface area contributed by atoms with E-state index in [4.69, 9.17) is 19.3 Å². The number of nitrogens with two attached hydrogens (primary N) is 1. The number of rotatable bonds is 7. The van der Waals surface area contributed by atoms with Gasteiger partial charge in [0.2, 0.25) is 10.0 Å². The molecule has 2 aliphatic rings. The van der Waals surface area contributed by atoms with Crippen molar-refractivity contribution in [2.45, 2.75) is 35.9 Å². The summed E-state index contributed by atoms with van der Waals surface area (Å²) in [6.45, 7) is 0.931. The summed E-state index contributed by atoms with van der Waals surface area (Å²) >= 11 is 0. The van der Waals surface area contributed by atoms with E-state index in [9.17, 15) is 18.5 Å². The van der Waals surface area contributed by atoms with Crippen molar-refractivity contribution in [1.82, 2.24) is 0 Å². The highest BCUT2D eigenvalue weighted by atomic mass is 32.2. The Labute approximate surface area is 138 Å². The molecule has 0 amide bonds. The first kappa shape index (κ1) is 17.1. The Hall–Kier alpha value is -1.75. The smallest absolute Gasteiger partial charge is 0.312 e. The largest absolute Gasteiger partial charge is 0.484 e. The van der Waals surface area contributed by atoms with E-state index >= 15 is 0 Å². The fraction of sp³-hybridized carbons (Fsp3) is 0.571. The van der Waals surface area contributed by atoms with Gasteiger partial charge in [-0.05, 0) is 25.0 Å². The third-order valence-corrected chi connectivity index (χ3v) is 5.04. The van der Waals surface area contributed by atoms with Crippen molar-refractivity contribution in [3.63, 3.8) is 0 Å². The number of nitro groups is 1. The molecule has 132 valence electrons. The van der Waals surface area contributed by atoms with E-state index in [1.54, 1.807) is 0 Å². The van der Waals surface area contributed by atoms with Crippen molar-refractivity contribution in [3.05, 3.63) is 28.3 Å². The van der Waals surface area contributed by atoms with E-state index in [0.29, 0.717) is 6.61 Å². The van der Waals surface area contributed by atoms with Crippen LogP contribution in [0.2, 0.25) is 0 Å². The first-order valence-electron chi connectivity index (χ1n) is 7.49. The second kappa shape index (κ2) is 6.28. The van der Waals surface area contributed by atoms with Crippen LogP contribution in [0.5, 0.6) is 5.75 Å². The summed E-state index contributed by atoms with van der Waals surface area (Å²) in [6, 6.07) is 3.27. The zero-order valence-corrected chi connectivity index (χ0v) is 13.7. The van der Waals surface area contributed by atoms with Gasteiger partial charge in [0, 0.05) is 12.5 Å². The second-order valence-electron chi connectivity index (χ2n) is 5.97. The van der Waals surface area contributed by atoms with Crippen molar-refractivity contribution in [2.75, 3.05) is 19.8 Å². The number of sulfonamides is 1. The van der Waals surface area contributed by atoms with Crippen LogP contribution in [0.1, 0.15) is 19.3 Å². The lowest BCUT2D eigenvalue weighted by atomic mass is 10.2. The average molecular weight is 358 g/mol. The topological polar surface area (TPSA) is 131 Å². The number of ether oxygens (including phenoxy) is 3. The minimum atomic E-state index is -4.02. The van der Waals surface area contributed by atoms with Crippen LogP contribution in [0.4, 0.5) is 5.69 Å². The average Bonchev–Trinajstić information content (AvgIpc) is 3.14. The Balaban J connectivity index is 1.55. The molecule has 1 spiro atoms. The summed E-state index contributed by atoms with van der Waals surface area (Å²) in [7, 11) is -4.02. The van der Waals surface area contributed by atoms with E-state index in [0.717, 1.165) is 25.3 Å². The molecule has 24 heavy (non-hydrogen) atoms. The highest BCUT2D eigenvalue weighted by molar-refractivity contribution is 7.89.